The number of fused-ring (bicyclic) bond motifs is 1. The average Bonchev–Trinajstić information content (AvgIpc) is 2.95. The minimum absolute atomic E-state index is 0.0407. The Morgan fingerprint density at radius 3 is 2.80 bits per heavy atom. The second-order valence-electron chi connectivity index (χ2n) is 5.29. The lowest BCUT2D eigenvalue weighted by Gasteiger charge is -2.20. The molecule has 2 aliphatic rings. The van der Waals surface area contributed by atoms with Gasteiger partial charge in [0.1, 0.15) is 12.2 Å². The molecule has 5 nitrogen and oxygen atoms in total. The van der Waals surface area contributed by atoms with E-state index in [0.717, 1.165) is 0 Å². The highest BCUT2D eigenvalue weighted by Gasteiger charge is 2.51. The Labute approximate surface area is 116 Å². The summed E-state index contributed by atoms with van der Waals surface area (Å²) in [6.45, 7) is -0.107. The van der Waals surface area contributed by atoms with Crippen LogP contribution in [0, 0.1) is 11.8 Å². The molecule has 5 heteroatoms. The van der Waals surface area contributed by atoms with Gasteiger partial charge in [-0.15, -0.1) is 0 Å². The molecule has 1 aliphatic carbocycles. The second-order valence-corrected chi connectivity index (χ2v) is 5.29. The van der Waals surface area contributed by atoms with Gasteiger partial charge in [0.15, 0.2) is 0 Å². The highest BCUT2D eigenvalue weighted by Crippen LogP contribution is 2.42. The largest absolute Gasteiger partial charge is 0.462 e. The normalized spacial score (nSPS) is 31.8. The lowest BCUT2D eigenvalue weighted by Crippen LogP contribution is -2.28. The molecule has 1 saturated carbocycles. The van der Waals surface area contributed by atoms with Crippen LogP contribution in [0.2, 0.25) is 0 Å². The first-order chi connectivity index (χ1) is 9.69. The molecule has 1 aliphatic heterocycles. The number of ether oxygens (including phenoxy) is 2. The number of rotatable bonds is 3. The third-order valence-electron chi connectivity index (χ3n) is 4.13. The van der Waals surface area contributed by atoms with Crippen molar-refractivity contribution >= 4 is 11.9 Å². The summed E-state index contributed by atoms with van der Waals surface area (Å²) in [5, 5.41) is 9.50. The molecule has 2 fully saturated rings. The Kier molecular flexibility index (Phi) is 3.44. The van der Waals surface area contributed by atoms with Gasteiger partial charge in [0.2, 0.25) is 0 Å². The fourth-order valence-electron chi connectivity index (χ4n) is 3.13. The molecule has 0 aromatic heterocycles. The molecule has 1 saturated heterocycles. The van der Waals surface area contributed by atoms with Crippen molar-refractivity contribution in [3.8, 4) is 0 Å². The molecular weight excluding hydrogens is 260 g/mol. The summed E-state index contributed by atoms with van der Waals surface area (Å²) in [5.74, 6) is -0.896. The average molecular weight is 276 g/mol. The van der Waals surface area contributed by atoms with E-state index in [2.05, 4.69) is 0 Å². The van der Waals surface area contributed by atoms with E-state index in [1.807, 2.05) is 6.07 Å². The quantitative estimate of drug-likeness (QED) is 0.839. The lowest BCUT2D eigenvalue weighted by atomic mass is 9.93. The second kappa shape index (κ2) is 5.25. The molecule has 4 atom stereocenters. The third kappa shape index (κ3) is 2.29. The van der Waals surface area contributed by atoms with E-state index in [-0.39, 0.29) is 30.5 Å². The molecule has 1 aromatic rings. The molecular formula is C15H16O5. The Balaban J connectivity index is 1.69. The number of hydrogen-bond acceptors (Lipinski definition) is 5. The number of aliphatic hydroxyl groups is 1. The maximum Gasteiger partial charge on any atom is 0.338 e. The van der Waals surface area contributed by atoms with Gasteiger partial charge in [-0.25, -0.2) is 4.79 Å². The van der Waals surface area contributed by atoms with Crippen molar-refractivity contribution in [3.63, 3.8) is 0 Å². The minimum Gasteiger partial charge on any atom is -0.462 e. The summed E-state index contributed by atoms with van der Waals surface area (Å²) < 4.78 is 10.7. The number of carbonyl (C=O) groups excluding carboxylic acids is 2. The van der Waals surface area contributed by atoms with Gasteiger partial charge in [-0.1, -0.05) is 18.2 Å². The smallest absolute Gasteiger partial charge is 0.338 e. The van der Waals surface area contributed by atoms with E-state index in [1.165, 1.54) is 0 Å². The van der Waals surface area contributed by atoms with Gasteiger partial charge >= 0.3 is 11.9 Å². The number of carbonyl (C=O) groups is 2. The van der Waals surface area contributed by atoms with Gasteiger partial charge in [0.05, 0.1) is 12.0 Å². The number of benzene rings is 1. The van der Waals surface area contributed by atoms with Crippen LogP contribution >= 0.6 is 0 Å². The third-order valence-corrected chi connectivity index (χ3v) is 4.13. The SMILES string of the molecule is O=C1C[C@H]2[C@H](CO)[C@H](OC(=O)c3ccccc3)C[C@@H]2O1. The van der Waals surface area contributed by atoms with Crippen LogP contribution in [0.1, 0.15) is 23.2 Å². The highest BCUT2D eigenvalue weighted by molar-refractivity contribution is 5.89. The predicted molar refractivity (Wildman–Crippen MR) is 68.8 cm³/mol. The number of aliphatic hydroxyl groups excluding tert-OH is 1. The Morgan fingerprint density at radius 1 is 1.35 bits per heavy atom. The van der Waals surface area contributed by atoms with Gasteiger partial charge in [-0.05, 0) is 12.1 Å². The maximum atomic E-state index is 12.0. The zero-order valence-corrected chi connectivity index (χ0v) is 10.9. The van der Waals surface area contributed by atoms with Crippen molar-refractivity contribution < 1.29 is 24.2 Å². The van der Waals surface area contributed by atoms with Crippen molar-refractivity contribution in [3.05, 3.63) is 35.9 Å². The highest BCUT2D eigenvalue weighted by atomic mass is 16.6. The fraction of sp³-hybridized carbons (Fsp3) is 0.467. The first-order valence-corrected chi connectivity index (χ1v) is 6.75. The topological polar surface area (TPSA) is 72.8 Å². The van der Waals surface area contributed by atoms with Gasteiger partial charge in [-0.2, -0.15) is 0 Å². The summed E-state index contributed by atoms with van der Waals surface area (Å²) in [7, 11) is 0. The van der Waals surface area contributed by atoms with E-state index in [1.54, 1.807) is 24.3 Å². The Morgan fingerprint density at radius 2 is 2.10 bits per heavy atom. The lowest BCUT2D eigenvalue weighted by molar-refractivity contribution is -0.141. The summed E-state index contributed by atoms with van der Waals surface area (Å²) in [6.07, 6.45) is 0.152. The zero-order valence-electron chi connectivity index (χ0n) is 10.9. The fourth-order valence-corrected chi connectivity index (χ4v) is 3.13. The van der Waals surface area contributed by atoms with E-state index in [4.69, 9.17) is 9.47 Å². The van der Waals surface area contributed by atoms with E-state index in [9.17, 15) is 14.7 Å². The summed E-state index contributed by atoms with van der Waals surface area (Å²) in [4.78, 5) is 23.3. The molecule has 0 amide bonds. The van der Waals surface area contributed by atoms with Crippen LogP contribution in [0.3, 0.4) is 0 Å². The molecule has 20 heavy (non-hydrogen) atoms. The zero-order chi connectivity index (χ0) is 14.1. The van der Waals surface area contributed by atoms with Gasteiger partial charge in [0, 0.05) is 24.9 Å². The predicted octanol–water partition coefficient (Wildman–Crippen LogP) is 1.16. The maximum absolute atomic E-state index is 12.0. The minimum atomic E-state index is -0.402. The van der Waals surface area contributed by atoms with E-state index >= 15 is 0 Å². The first kappa shape index (κ1) is 13.1. The van der Waals surface area contributed by atoms with Crippen LogP contribution in [-0.2, 0) is 14.3 Å². The van der Waals surface area contributed by atoms with Crippen molar-refractivity contribution in [1.29, 1.82) is 0 Å². The first-order valence-electron chi connectivity index (χ1n) is 6.75. The summed E-state index contributed by atoms with van der Waals surface area (Å²) in [6, 6.07) is 8.74. The van der Waals surface area contributed by atoms with Gasteiger partial charge in [-0.3, -0.25) is 4.79 Å². The van der Waals surface area contributed by atoms with E-state index < -0.39 is 12.1 Å². The van der Waals surface area contributed by atoms with Crippen molar-refractivity contribution in [1.82, 2.24) is 0 Å². The molecule has 1 N–H and O–H groups in total. The van der Waals surface area contributed by atoms with Crippen LogP contribution in [0.15, 0.2) is 30.3 Å². The molecule has 106 valence electrons. The molecule has 0 unspecified atom stereocenters. The Hall–Kier alpha value is -1.88. The number of hydrogen-bond donors (Lipinski definition) is 1. The van der Waals surface area contributed by atoms with Crippen LogP contribution < -0.4 is 0 Å². The van der Waals surface area contributed by atoms with Crippen molar-refractivity contribution in [2.24, 2.45) is 11.8 Å². The van der Waals surface area contributed by atoms with Crippen LogP contribution in [0.4, 0.5) is 0 Å². The molecule has 0 radical (unpaired) electrons. The van der Waals surface area contributed by atoms with Crippen LogP contribution in [0.25, 0.3) is 0 Å². The monoisotopic (exact) mass is 276 g/mol. The number of esters is 2. The molecule has 0 bridgehead atoms. The summed E-state index contributed by atoms with van der Waals surface area (Å²) in [5.41, 5.74) is 0.484. The molecule has 1 heterocycles. The van der Waals surface area contributed by atoms with E-state index in [0.29, 0.717) is 18.4 Å². The van der Waals surface area contributed by atoms with Crippen LogP contribution in [-0.4, -0.2) is 35.9 Å². The van der Waals surface area contributed by atoms with Gasteiger partial charge in [0.25, 0.3) is 0 Å². The summed E-state index contributed by atoms with van der Waals surface area (Å²) >= 11 is 0. The Bertz CT molecular complexity index is 512. The standard InChI is InChI=1S/C15H16O5/c16-8-11-10-6-14(17)19-12(10)7-13(11)20-15(18)9-4-2-1-3-5-9/h1-5,10-13,16H,6-8H2/t10-,11-,12-,13+/m0/s1. The molecule has 1 aromatic carbocycles. The van der Waals surface area contributed by atoms with Gasteiger partial charge < -0.3 is 14.6 Å². The van der Waals surface area contributed by atoms with Crippen molar-refractivity contribution in [2.45, 2.75) is 25.0 Å². The molecule has 3 rings (SSSR count). The van der Waals surface area contributed by atoms with Crippen molar-refractivity contribution in [2.75, 3.05) is 6.61 Å². The van der Waals surface area contributed by atoms with Crippen LogP contribution in [0.5, 0.6) is 0 Å². The molecule has 0 spiro atoms.